The molecule has 98 valence electrons. The summed E-state index contributed by atoms with van der Waals surface area (Å²) in [5.74, 6) is -1.16. The van der Waals surface area contributed by atoms with Crippen molar-refractivity contribution in [3.05, 3.63) is 12.2 Å². The summed E-state index contributed by atoms with van der Waals surface area (Å²) >= 11 is 0. The van der Waals surface area contributed by atoms with Crippen molar-refractivity contribution in [3.63, 3.8) is 0 Å². The van der Waals surface area contributed by atoms with Crippen molar-refractivity contribution in [2.24, 2.45) is 5.92 Å². The standard InChI is InChI=1S/C14H24O3/c1-4-6-7-8-9-10-11-13(12(3)15)14(16)17-5-2/h9-10,13H,4-8,11H2,1-3H3. The fraction of sp³-hybridized carbons (Fsp3) is 0.714. The number of ether oxygens (including phenoxy) is 1. The Kier molecular flexibility index (Phi) is 9.40. The Balaban J connectivity index is 4.01. The van der Waals surface area contributed by atoms with Crippen LogP contribution in [0.25, 0.3) is 0 Å². The molecule has 3 heteroatoms. The highest BCUT2D eigenvalue weighted by Crippen LogP contribution is 2.09. The molecule has 0 N–H and O–H groups in total. The molecule has 0 saturated heterocycles. The molecular weight excluding hydrogens is 216 g/mol. The maximum atomic E-state index is 11.5. The molecule has 0 aliphatic rings. The first-order valence-electron chi connectivity index (χ1n) is 6.45. The zero-order valence-corrected chi connectivity index (χ0v) is 11.2. The maximum Gasteiger partial charge on any atom is 0.316 e. The van der Waals surface area contributed by atoms with Gasteiger partial charge in [-0.3, -0.25) is 9.59 Å². The SMILES string of the molecule is CCCCCC=CCC(C(C)=O)C(=O)OCC. The predicted molar refractivity (Wildman–Crippen MR) is 68.7 cm³/mol. The summed E-state index contributed by atoms with van der Waals surface area (Å²) < 4.78 is 4.87. The van der Waals surface area contributed by atoms with Gasteiger partial charge in [-0.15, -0.1) is 0 Å². The third-order valence-corrected chi connectivity index (χ3v) is 2.57. The summed E-state index contributed by atoms with van der Waals surface area (Å²) in [4.78, 5) is 22.8. The molecule has 0 fully saturated rings. The van der Waals surface area contributed by atoms with E-state index in [0.29, 0.717) is 13.0 Å². The van der Waals surface area contributed by atoms with Gasteiger partial charge >= 0.3 is 5.97 Å². The van der Waals surface area contributed by atoms with Crippen molar-refractivity contribution in [2.45, 2.75) is 52.9 Å². The molecule has 3 nitrogen and oxygen atoms in total. The first-order valence-corrected chi connectivity index (χ1v) is 6.45. The van der Waals surface area contributed by atoms with Crippen LogP contribution in [0.2, 0.25) is 0 Å². The quantitative estimate of drug-likeness (QED) is 0.269. The molecule has 1 atom stereocenters. The van der Waals surface area contributed by atoms with E-state index in [9.17, 15) is 9.59 Å². The molecule has 17 heavy (non-hydrogen) atoms. The predicted octanol–water partition coefficient (Wildman–Crippen LogP) is 3.28. The van der Waals surface area contributed by atoms with Crippen LogP contribution in [0, 0.1) is 5.92 Å². The first kappa shape index (κ1) is 15.9. The Morgan fingerprint density at radius 1 is 1.18 bits per heavy atom. The number of rotatable bonds is 9. The van der Waals surface area contributed by atoms with Crippen molar-refractivity contribution in [2.75, 3.05) is 6.61 Å². The normalized spacial score (nSPS) is 12.6. The van der Waals surface area contributed by atoms with Gasteiger partial charge in [-0.1, -0.05) is 31.9 Å². The second kappa shape index (κ2) is 10.1. The van der Waals surface area contributed by atoms with Crippen molar-refractivity contribution < 1.29 is 14.3 Å². The molecule has 0 amide bonds. The molecule has 0 aromatic rings. The number of carbonyl (C=O) groups is 2. The lowest BCUT2D eigenvalue weighted by atomic mass is 10.0. The van der Waals surface area contributed by atoms with Crippen LogP contribution in [-0.4, -0.2) is 18.4 Å². The van der Waals surface area contributed by atoms with Crippen LogP contribution in [0.4, 0.5) is 0 Å². The van der Waals surface area contributed by atoms with Gasteiger partial charge in [-0.25, -0.2) is 0 Å². The Bertz CT molecular complexity index is 256. The van der Waals surface area contributed by atoms with Crippen LogP contribution < -0.4 is 0 Å². The minimum absolute atomic E-state index is 0.123. The van der Waals surface area contributed by atoms with Crippen LogP contribution in [0.5, 0.6) is 0 Å². The number of esters is 1. The average molecular weight is 240 g/mol. The third-order valence-electron chi connectivity index (χ3n) is 2.57. The Morgan fingerprint density at radius 2 is 1.88 bits per heavy atom. The Morgan fingerprint density at radius 3 is 2.41 bits per heavy atom. The van der Waals surface area contributed by atoms with Gasteiger partial charge in [0.2, 0.25) is 0 Å². The maximum absolute atomic E-state index is 11.5. The fourth-order valence-electron chi connectivity index (χ4n) is 1.53. The lowest BCUT2D eigenvalue weighted by molar-refractivity contribution is -0.150. The zero-order valence-electron chi connectivity index (χ0n) is 11.2. The summed E-state index contributed by atoms with van der Waals surface area (Å²) in [5, 5.41) is 0. The molecule has 0 radical (unpaired) electrons. The minimum atomic E-state index is -0.627. The molecule has 1 unspecified atom stereocenters. The van der Waals surface area contributed by atoms with Gasteiger partial charge in [0, 0.05) is 0 Å². The molecule has 0 heterocycles. The van der Waals surface area contributed by atoms with Gasteiger partial charge in [0.25, 0.3) is 0 Å². The van der Waals surface area contributed by atoms with E-state index in [4.69, 9.17) is 4.74 Å². The average Bonchev–Trinajstić information content (AvgIpc) is 2.27. The highest BCUT2D eigenvalue weighted by Gasteiger charge is 2.22. The van der Waals surface area contributed by atoms with Crippen molar-refractivity contribution in [1.82, 2.24) is 0 Å². The topological polar surface area (TPSA) is 43.4 Å². The first-order chi connectivity index (χ1) is 8.13. The van der Waals surface area contributed by atoms with E-state index in [1.165, 1.54) is 19.8 Å². The van der Waals surface area contributed by atoms with Crippen LogP contribution in [-0.2, 0) is 14.3 Å². The molecule has 0 rings (SSSR count). The molecule has 0 saturated carbocycles. The number of hydrogen-bond donors (Lipinski definition) is 0. The fourth-order valence-corrected chi connectivity index (χ4v) is 1.53. The largest absolute Gasteiger partial charge is 0.465 e. The smallest absolute Gasteiger partial charge is 0.316 e. The van der Waals surface area contributed by atoms with Gasteiger partial charge in [0.15, 0.2) is 0 Å². The van der Waals surface area contributed by atoms with E-state index < -0.39 is 11.9 Å². The van der Waals surface area contributed by atoms with E-state index in [0.717, 1.165) is 12.8 Å². The van der Waals surface area contributed by atoms with E-state index in [1.54, 1.807) is 6.92 Å². The highest BCUT2D eigenvalue weighted by atomic mass is 16.5. The number of allylic oxidation sites excluding steroid dienone is 2. The zero-order chi connectivity index (χ0) is 13.1. The van der Waals surface area contributed by atoms with E-state index in [-0.39, 0.29) is 5.78 Å². The summed E-state index contributed by atoms with van der Waals surface area (Å²) in [7, 11) is 0. The van der Waals surface area contributed by atoms with Gasteiger partial charge < -0.3 is 4.74 Å². The molecule has 0 aromatic carbocycles. The minimum Gasteiger partial charge on any atom is -0.465 e. The second-order valence-electron chi connectivity index (χ2n) is 4.12. The summed E-state index contributed by atoms with van der Waals surface area (Å²) in [6, 6.07) is 0. The highest BCUT2D eigenvalue weighted by molar-refractivity contribution is 5.97. The summed E-state index contributed by atoms with van der Waals surface area (Å²) in [6.07, 6.45) is 9.02. The molecule has 0 aromatic heterocycles. The monoisotopic (exact) mass is 240 g/mol. The summed E-state index contributed by atoms with van der Waals surface area (Å²) in [5.41, 5.74) is 0. The molecule has 0 bridgehead atoms. The number of hydrogen-bond acceptors (Lipinski definition) is 3. The lowest BCUT2D eigenvalue weighted by Crippen LogP contribution is -2.23. The number of Topliss-reactive ketones (excluding diaryl/α,β-unsaturated/α-hetero) is 1. The van der Waals surface area contributed by atoms with E-state index in [1.807, 2.05) is 12.2 Å². The van der Waals surface area contributed by atoms with Gasteiger partial charge in [0.1, 0.15) is 11.7 Å². The Hall–Kier alpha value is -1.12. The van der Waals surface area contributed by atoms with Gasteiger partial charge in [0.05, 0.1) is 6.61 Å². The van der Waals surface area contributed by atoms with E-state index >= 15 is 0 Å². The number of carbonyl (C=O) groups excluding carboxylic acids is 2. The molecular formula is C14H24O3. The van der Waals surface area contributed by atoms with E-state index in [2.05, 4.69) is 6.92 Å². The molecule has 0 spiro atoms. The number of unbranched alkanes of at least 4 members (excludes halogenated alkanes) is 3. The van der Waals surface area contributed by atoms with Crippen LogP contribution in [0.3, 0.4) is 0 Å². The van der Waals surface area contributed by atoms with Crippen molar-refractivity contribution in [1.29, 1.82) is 0 Å². The van der Waals surface area contributed by atoms with Crippen molar-refractivity contribution in [3.8, 4) is 0 Å². The van der Waals surface area contributed by atoms with Crippen molar-refractivity contribution >= 4 is 11.8 Å². The van der Waals surface area contributed by atoms with Gasteiger partial charge in [-0.05, 0) is 33.1 Å². The number of ketones is 1. The van der Waals surface area contributed by atoms with Crippen LogP contribution >= 0.6 is 0 Å². The van der Waals surface area contributed by atoms with Crippen LogP contribution in [0.1, 0.15) is 52.9 Å². The second-order valence-corrected chi connectivity index (χ2v) is 4.12. The Labute approximate surface area is 104 Å². The third kappa shape index (κ3) is 7.72. The summed E-state index contributed by atoms with van der Waals surface area (Å²) in [6.45, 7) is 5.67. The molecule has 0 aliphatic heterocycles. The molecule has 0 aliphatic carbocycles. The van der Waals surface area contributed by atoms with Crippen LogP contribution in [0.15, 0.2) is 12.2 Å². The van der Waals surface area contributed by atoms with Gasteiger partial charge in [-0.2, -0.15) is 0 Å². The lowest BCUT2D eigenvalue weighted by Gasteiger charge is -2.09.